The number of rotatable bonds is 2. The molecule has 5 heteroatoms. The van der Waals surface area contributed by atoms with E-state index in [1.165, 1.54) is 0 Å². The predicted molar refractivity (Wildman–Crippen MR) is 51.3 cm³/mol. The van der Waals surface area contributed by atoms with Gasteiger partial charge in [0.15, 0.2) is 5.54 Å². The van der Waals surface area contributed by atoms with Gasteiger partial charge in [0.1, 0.15) is 6.61 Å². The topological polar surface area (TPSA) is 75.6 Å². The third-order valence-corrected chi connectivity index (χ3v) is 3.36. The molecule has 84 valence electrons. The minimum atomic E-state index is -1.17. The van der Waals surface area contributed by atoms with Crippen LogP contribution in [0.3, 0.4) is 0 Å². The number of amides is 1. The first kappa shape index (κ1) is 10.4. The Morgan fingerprint density at radius 2 is 2.13 bits per heavy atom. The lowest BCUT2D eigenvalue weighted by atomic mass is 9.82. The average molecular weight is 213 g/mol. The molecule has 0 spiro atoms. The van der Waals surface area contributed by atoms with E-state index < -0.39 is 11.5 Å². The van der Waals surface area contributed by atoms with E-state index in [4.69, 9.17) is 4.74 Å². The summed E-state index contributed by atoms with van der Waals surface area (Å²) in [4.78, 5) is 22.6. The van der Waals surface area contributed by atoms with Gasteiger partial charge in [-0.1, -0.05) is 12.8 Å². The number of ether oxygens (including phenoxy) is 1. The van der Waals surface area contributed by atoms with E-state index in [1.807, 2.05) is 0 Å². The molecule has 0 aromatic rings. The van der Waals surface area contributed by atoms with Crippen LogP contribution in [-0.4, -0.2) is 35.7 Å². The molecule has 2 rings (SSSR count). The molecule has 0 radical (unpaired) electrons. The number of hydrogen-bond acceptors (Lipinski definition) is 3. The lowest BCUT2D eigenvalue weighted by Crippen LogP contribution is -2.65. The van der Waals surface area contributed by atoms with E-state index in [0.29, 0.717) is 0 Å². The van der Waals surface area contributed by atoms with E-state index in [-0.39, 0.29) is 25.0 Å². The highest BCUT2D eigenvalue weighted by Crippen LogP contribution is 2.35. The molecule has 1 amide bonds. The second-order valence-electron chi connectivity index (χ2n) is 4.30. The average Bonchev–Trinajstić information content (AvgIpc) is 2.70. The lowest BCUT2D eigenvalue weighted by Gasteiger charge is -2.38. The zero-order valence-electron chi connectivity index (χ0n) is 8.49. The lowest BCUT2D eigenvalue weighted by molar-refractivity contribution is -0.161. The van der Waals surface area contributed by atoms with Crippen molar-refractivity contribution in [2.24, 2.45) is 5.92 Å². The Morgan fingerprint density at radius 3 is 2.67 bits per heavy atom. The fourth-order valence-electron chi connectivity index (χ4n) is 2.55. The Balaban J connectivity index is 2.22. The Bertz CT molecular complexity index is 285. The van der Waals surface area contributed by atoms with Gasteiger partial charge < -0.3 is 15.2 Å². The maximum Gasteiger partial charge on any atom is 0.332 e. The highest BCUT2D eigenvalue weighted by atomic mass is 16.5. The maximum absolute atomic E-state index is 11.3. The third kappa shape index (κ3) is 1.71. The van der Waals surface area contributed by atoms with Crippen LogP contribution < -0.4 is 5.32 Å². The van der Waals surface area contributed by atoms with Gasteiger partial charge in [-0.25, -0.2) is 4.79 Å². The van der Waals surface area contributed by atoms with Crippen molar-refractivity contribution < 1.29 is 19.4 Å². The standard InChI is InChI=1S/C10H15NO4/c12-8-5-15-6-10(11-8,9(13)14)7-3-1-2-4-7/h7H,1-6H2,(H,11,12)(H,13,14). The van der Waals surface area contributed by atoms with Crippen LogP contribution in [-0.2, 0) is 14.3 Å². The number of carboxylic acid groups (broad SMARTS) is 1. The van der Waals surface area contributed by atoms with Gasteiger partial charge in [0.25, 0.3) is 0 Å². The number of morpholine rings is 1. The van der Waals surface area contributed by atoms with Crippen molar-refractivity contribution in [1.29, 1.82) is 0 Å². The van der Waals surface area contributed by atoms with Gasteiger partial charge >= 0.3 is 5.97 Å². The SMILES string of the molecule is O=C1COCC(C(=O)O)(C2CCCC2)N1. The third-order valence-electron chi connectivity index (χ3n) is 3.36. The first-order chi connectivity index (χ1) is 7.15. The zero-order chi connectivity index (χ0) is 10.9. The summed E-state index contributed by atoms with van der Waals surface area (Å²) in [7, 11) is 0. The van der Waals surface area contributed by atoms with Crippen molar-refractivity contribution in [3.05, 3.63) is 0 Å². The molecule has 2 N–H and O–H groups in total. The van der Waals surface area contributed by atoms with E-state index >= 15 is 0 Å². The largest absolute Gasteiger partial charge is 0.479 e. The van der Waals surface area contributed by atoms with Gasteiger partial charge in [0.05, 0.1) is 6.61 Å². The molecule has 2 fully saturated rings. The van der Waals surface area contributed by atoms with E-state index in [9.17, 15) is 14.7 Å². The van der Waals surface area contributed by atoms with E-state index in [1.54, 1.807) is 0 Å². The summed E-state index contributed by atoms with van der Waals surface area (Å²) in [5.41, 5.74) is -1.17. The molecule has 1 atom stereocenters. The van der Waals surface area contributed by atoms with Gasteiger partial charge in [-0.05, 0) is 18.8 Å². The first-order valence-electron chi connectivity index (χ1n) is 5.27. The molecule has 1 heterocycles. The molecule has 1 saturated heterocycles. The molecule has 5 nitrogen and oxygen atoms in total. The smallest absolute Gasteiger partial charge is 0.332 e. The van der Waals surface area contributed by atoms with Gasteiger partial charge in [-0.3, -0.25) is 4.79 Å². The van der Waals surface area contributed by atoms with Crippen molar-refractivity contribution in [1.82, 2.24) is 5.32 Å². The van der Waals surface area contributed by atoms with E-state index in [0.717, 1.165) is 25.7 Å². The molecule has 15 heavy (non-hydrogen) atoms. The van der Waals surface area contributed by atoms with Crippen LogP contribution in [0.2, 0.25) is 0 Å². The number of aliphatic carboxylic acids is 1. The van der Waals surface area contributed by atoms with Crippen LogP contribution in [0.1, 0.15) is 25.7 Å². The monoisotopic (exact) mass is 213 g/mol. The molecule has 1 aliphatic heterocycles. The Labute approximate surface area is 87.8 Å². The number of carbonyl (C=O) groups is 2. The highest BCUT2D eigenvalue weighted by Gasteiger charge is 2.50. The Hall–Kier alpha value is -1.10. The van der Waals surface area contributed by atoms with Crippen LogP contribution >= 0.6 is 0 Å². The zero-order valence-corrected chi connectivity index (χ0v) is 8.49. The van der Waals surface area contributed by atoms with Crippen LogP contribution in [0, 0.1) is 5.92 Å². The molecule has 1 unspecified atom stereocenters. The minimum Gasteiger partial charge on any atom is -0.479 e. The van der Waals surface area contributed by atoms with Crippen molar-refractivity contribution in [3.63, 3.8) is 0 Å². The molecule has 1 saturated carbocycles. The Morgan fingerprint density at radius 1 is 1.47 bits per heavy atom. The van der Waals surface area contributed by atoms with Crippen molar-refractivity contribution in [2.45, 2.75) is 31.2 Å². The predicted octanol–water partition coefficient (Wildman–Crippen LogP) is 0.146. The second kappa shape index (κ2) is 3.81. The summed E-state index contributed by atoms with van der Waals surface area (Å²) in [6, 6.07) is 0. The molecule has 1 aliphatic carbocycles. The number of hydrogen-bond donors (Lipinski definition) is 2. The Kier molecular flexibility index (Phi) is 2.65. The minimum absolute atomic E-state index is 0.0132. The first-order valence-corrected chi connectivity index (χ1v) is 5.27. The van der Waals surface area contributed by atoms with Crippen molar-refractivity contribution in [3.8, 4) is 0 Å². The molecule has 0 aromatic carbocycles. The van der Waals surface area contributed by atoms with Crippen LogP contribution in [0.25, 0.3) is 0 Å². The normalized spacial score (nSPS) is 32.7. The summed E-state index contributed by atoms with van der Waals surface area (Å²) >= 11 is 0. The number of carbonyl (C=O) groups excluding carboxylic acids is 1. The molecular weight excluding hydrogens is 198 g/mol. The molecule has 2 aliphatic rings. The summed E-state index contributed by atoms with van der Waals surface area (Å²) in [5, 5.41) is 11.9. The van der Waals surface area contributed by atoms with Crippen LogP contribution in [0.15, 0.2) is 0 Å². The molecule has 0 aromatic heterocycles. The highest BCUT2D eigenvalue weighted by molar-refractivity contribution is 5.89. The summed E-state index contributed by atoms with van der Waals surface area (Å²) in [6.45, 7) is 0.0699. The maximum atomic E-state index is 11.3. The summed E-state index contributed by atoms with van der Waals surface area (Å²) in [6.07, 6.45) is 3.79. The number of carboxylic acids is 1. The molecular formula is C10H15NO4. The van der Waals surface area contributed by atoms with Gasteiger partial charge in [0.2, 0.25) is 5.91 Å². The van der Waals surface area contributed by atoms with Crippen LogP contribution in [0.5, 0.6) is 0 Å². The van der Waals surface area contributed by atoms with Gasteiger partial charge in [-0.15, -0.1) is 0 Å². The summed E-state index contributed by atoms with van der Waals surface area (Å²) in [5.74, 6) is -1.28. The fourth-order valence-corrected chi connectivity index (χ4v) is 2.55. The quantitative estimate of drug-likeness (QED) is 0.684. The second-order valence-corrected chi connectivity index (χ2v) is 4.30. The summed E-state index contributed by atoms with van der Waals surface area (Å²) < 4.78 is 5.08. The fraction of sp³-hybridized carbons (Fsp3) is 0.800. The molecule has 0 bridgehead atoms. The number of nitrogens with one attached hydrogen (secondary N) is 1. The van der Waals surface area contributed by atoms with Crippen molar-refractivity contribution in [2.75, 3.05) is 13.2 Å². The van der Waals surface area contributed by atoms with Gasteiger partial charge in [-0.2, -0.15) is 0 Å². The van der Waals surface area contributed by atoms with E-state index in [2.05, 4.69) is 5.32 Å². The van der Waals surface area contributed by atoms with Crippen molar-refractivity contribution >= 4 is 11.9 Å². The van der Waals surface area contributed by atoms with Crippen LogP contribution in [0.4, 0.5) is 0 Å². The van der Waals surface area contributed by atoms with Gasteiger partial charge in [0, 0.05) is 0 Å².